The van der Waals surface area contributed by atoms with Crippen LogP contribution in [0.25, 0.3) is 0 Å². The molecule has 0 saturated heterocycles. The Bertz CT molecular complexity index is 498. The van der Waals surface area contributed by atoms with E-state index in [0.717, 1.165) is 5.56 Å². The summed E-state index contributed by atoms with van der Waals surface area (Å²) in [5, 5.41) is 2.71. The number of amides is 1. The third-order valence-corrected chi connectivity index (χ3v) is 3.03. The van der Waals surface area contributed by atoms with Gasteiger partial charge in [-0.1, -0.05) is 13.8 Å². The van der Waals surface area contributed by atoms with E-state index in [1.165, 1.54) is 7.11 Å². The number of nitrogen functional groups attached to an aromatic ring is 1. The Morgan fingerprint density at radius 1 is 1.35 bits per heavy atom. The van der Waals surface area contributed by atoms with Gasteiger partial charge in [-0.25, -0.2) is 4.79 Å². The summed E-state index contributed by atoms with van der Waals surface area (Å²) in [6.07, 6.45) is 0.534. The Labute approximate surface area is 119 Å². The van der Waals surface area contributed by atoms with Crippen LogP contribution in [0.1, 0.15) is 36.2 Å². The number of benzene rings is 1. The van der Waals surface area contributed by atoms with E-state index < -0.39 is 12.0 Å². The number of carbonyl (C=O) groups is 2. The van der Waals surface area contributed by atoms with Crippen molar-refractivity contribution < 1.29 is 14.3 Å². The second kappa shape index (κ2) is 6.93. The van der Waals surface area contributed by atoms with Gasteiger partial charge in [0.25, 0.3) is 5.91 Å². The SMILES string of the molecule is COC(=O)[C@H](CC(C)C)NC(=O)c1ccc(N)c(C)c1. The van der Waals surface area contributed by atoms with Crippen LogP contribution in [-0.2, 0) is 9.53 Å². The molecule has 0 bridgehead atoms. The summed E-state index contributed by atoms with van der Waals surface area (Å²) in [4.78, 5) is 23.8. The van der Waals surface area contributed by atoms with Crippen molar-refractivity contribution >= 4 is 17.6 Å². The first-order valence-electron chi connectivity index (χ1n) is 6.60. The number of methoxy groups -OCH3 is 1. The van der Waals surface area contributed by atoms with Gasteiger partial charge in [0.05, 0.1) is 7.11 Å². The van der Waals surface area contributed by atoms with Gasteiger partial charge in [-0.2, -0.15) is 0 Å². The first-order chi connectivity index (χ1) is 9.35. The van der Waals surface area contributed by atoms with Crippen molar-refractivity contribution in [3.8, 4) is 0 Å². The van der Waals surface area contributed by atoms with Gasteiger partial charge in [0.2, 0.25) is 0 Å². The summed E-state index contributed by atoms with van der Waals surface area (Å²) >= 11 is 0. The summed E-state index contributed by atoms with van der Waals surface area (Å²) in [7, 11) is 1.31. The maximum atomic E-state index is 12.2. The number of nitrogens with two attached hydrogens (primary N) is 1. The van der Waals surface area contributed by atoms with Crippen molar-refractivity contribution in [2.75, 3.05) is 12.8 Å². The lowest BCUT2D eigenvalue weighted by Gasteiger charge is -2.18. The van der Waals surface area contributed by atoms with Crippen molar-refractivity contribution in [2.45, 2.75) is 33.2 Å². The second-order valence-electron chi connectivity index (χ2n) is 5.25. The number of hydrogen-bond acceptors (Lipinski definition) is 4. The molecule has 5 heteroatoms. The molecule has 0 aliphatic carbocycles. The highest BCUT2D eigenvalue weighted by Gasteiger charge is 2.23. The average Bonchev–Trinajstić information content (AvgIpc) is 2.39. The Morgan fingerprint density at radius 3 is 2.50 bits per heavy atom. The summed E-state index contributed by atoms with van der Waals surface area (Å²) < 4.78 is 4.72. The Kier molecular flexibility index (Phi) is 5.55. The molecule has 0 saturated carbocycles. The van der Waals surface area contributed by atoms with E-state index in [1.54, 1.807) is 18.2 Å². The minimum absolute atomic E-state index is 0.271. The van der Waals surface area contributed by atoms with Crippen LogP contribution in [0.15, 0.2) is 18.2 Å². The number of esters is 1. The predicted octanol–water partition coefficient (Wildman–Crippen LogP) is 1.89. The van der Waals surface area contributed by atoms with Gasteiger partial charge in [0.15, 0.2) is 0 Å². The van der Waals surface area contributed by atoms with Crippen LogP contribution in [0.2, 0.25) is 0 Å². The topological polar surface area (TPSA) is 81.4 Å². The van der Waals surface area contributed by atoms with Gasteiger partial charge < -0.3 is 15.8 Å². The van der Waals surface area contributed by atoms with Gasteiger partial charge in [0, 0.05) is 11.3 Å². The fourth-order valence-corrected chi connectivity index (χ4v) is 1.89. The molecule has 20 heavy (non-hydrogen) atoms. The molecule has 0 radical (unpaired) electrons. The van der Waals surface area contributed by atoms with E-state index in [0.29, 0.717) is 17.7 Å². The van der Waals surface area contributed by atoms with Crippen LogP contribution in [0.5, 0.6) is 0 Å². The lowest BCUT2D eigenvalue weighted by atomic mass is 10.0. The fourth-order valence-electron chi connectivity index (χ4n) is 1.89. The molecule has 1 rings (SSSR count). The van der Waals surface area contributed by atoms with Crippen LogP contribution in [0.3, 0.4) is 0 Å². The summed E-state index contributed by atoms with van der Waals surface area (Å²) in [6.45, 7) is 5.79. The fraction of sp³-hybridized carbons (Fsp3) is 0.467. The number of nitrogens with one attached hydrogen (secondary N) is 1. The molecule has 1 aromatic rings. The van der Waals surface area contributed by atoms with E-state index in [1.807, 2.05) is 20.8 Å². The minimum atomic E-state index is -0.634. The molecule has 0 heterocycles. The number of anilines is 1. The molecule has 0 aromatic heterocycles. The Hall–Kier alpha value is -2.04. The van der Waals surface area contributed by atoms with Crippen LogP contribution in [0.4, 0.5) is 5.69 Å². The molecule has 1 aromatic carbocycles. The summed E-state index contributed by atoms with van der Waals surface area (Å²) in [5.41, 5.74) is 7.66. The summed E-state index contributed by atoms with van der Waals surface area (Å²) in [6, 6.07) is 4.39. The number of rotatable bonds is 5. The highest BCUT2D eigenvalue weighted by Crippen LogP contribution is 2.13. The lowest BCUT2D eigenvalue weighted by Crippen LogP contribution is -2.42. The smallest absolute Gasteiger partial charge is 0.328 e. The van der Waals surface area contributed by atoms with E-state index >= 15 is 0 Å². The van der Waals surface area contributed by atoms with E-state index in [-0.39, 0.29) is 11.8 Å². The van der Waals surface area contributed by atoms with Crippen molar-refractivity contribution in [2.24, 2.45) is 5.92 Å². The number of hydrogen-bond donors (Lipinski definition) is 2. The molecule has 110 valence electrons. The zero-order valence-electron chi connectivity index (χ0n) is 12.4. The van der Waals surface area contributed by atoms with Crippen LogP contribution in [-0.4, -0.2) is 25.0 Å². The van der Waals surface area contributed by atoms with Crippen LogP contribution >= 0.6 is 0 Å². The van der Waals surface area contributed by atoms with Gasteiger partial charge in [-0.3, -0.25) is 4.79 Å². The van der Waals surface area contributed by atoms with Gasteiger partial charge >= 0.3 is 5.97 Å². The first-order valence-corrected chi connectivity index (χ1v) is 6.60. The average molecular weight is 278 g/mol. The number of carbonyl (C=O) groups excluding carboxylic acids is 2. The van der Waals surface area contributed by atoms with Gasteiger partial charge in [-0.15, -0.1) is 0 Å². The van der Waals surface area contributed by atoms with Crippen molar-refractivity contribution in [3.05, 3.63) is 29.3 Å². The number of aryl methyl sites for hydroxylation is 1. The third-order valence-electron chi connectivity index (χ3n) is 3.03. The van der Waals surface area contributed by atoms with Crippen LogP contribution < -0.4 is 11.1 Å². The highest BCUT2D eigenvalue weighted by molar-refractivity contribution is 5.97. The van der Waals surface area contributed by atoms with Gasteiger partial charge in [-0.05, 0) is 43.0 Å². The zero-order valence-corrected chi connectivity index (χ0v) is 12.4. The van der Waals surface area contributed by atoms with E-state index in [4.69, 9.17) is 10.5 Å². The molecule has 5 nitrogen and oxygen atoms in total. The first kappa shape index (κ1) is 16.0. The molecule has 0 unspecified atom stereocenters. The molecule has 0 aliphatic rings. The zero-order chi connectivity index (χ0) is 15.3. The predicted molar refractivity (Wildman–Crippen MR) is 78.3 cm³/mol. The highest BCUT2D eigenvalue weighted by atomic mass is 16.5. The molecule has 3 N–H and O–H groups in total. The Balaban J connectivity index is 2.84. The Morgan fingerprint density at radius 2 is 2.00 bits per heavy atom. The van der Waals surface area contributed by atoms with E-state index in [2.05, 4.69) is 5.32 Å². The maximum absolute atomic E-state index is 12.2. The normalized spacial score (nSPS) is 12.1. The van der Waals surface area contributed by atoms with Crippen molar-refractivity contribution in [1.29, 1.82) is 0 Å². The monoisotopic (exact) mass is 278 g/mol. The minimum Gasteiger partial charge on any atom is -0.467 e. The second-order valence-corrected chi connectivity index (χ2v) is 5.25. The quantitative estimate of drug-likeness (QED) is 0.636. The molecule has 0 fully saturated rings. The number of ether oxygens (including phenoxy) is 1. The van der Waals surface area contributed by atoms with Crippen LogP contribution in [0, 0.1) is 12.8 Å². The van der Waals surface area contributed by atoms with Crippen molar-refractivity contribution in [1.82, 2.24) is 5.32 Å². The molecular formula is C15H22N2O3. The largest absolute Gasteiger partial charge is 0.467 e. The molecule has 0 aliphatic heterocycles. The molecule has 1 amide bonds. The van der Waals surface area contributed by atoms with Crippen molar-refractivity contribution in [3.63, 3.8) is 0 Å². The summed E-state index contributed by atoms with van der Waals surface area (Å²) in [5.74, 6) is -0.462. The molecule has 0 spiro atoms. The van der Waals surface area contributed by atoms with E-state index in [9.17, 15) is 9.59 Å². The maximum Gasteiger partial charge on any atom is 0.328 e. The lowest BCUT2D eigenvalue weighted by molar-refractivity contribution is -0.143. The standard InChI is InChI=1S/C15H22N2O3/c1-9(2)7-13(15(19)20-4)17-14(18)11-5-6-12(16)10(3)8-11/h5-6,8-9,13H,7,16H2,1-4H3,(H,17,18)/t13-/m0/s1. The molecular weight excluding hydrogens is 256 g/mol. The third kappa shape index (κ3) is 4.26. The molecule has 1 atom stereocenters. The van der Waals surface area contributed by atoms with Gasteiger partial charge in [0.1, 0.15) is 6.04 Å².